The van der Waals surface area contributed by atoms with Gasteiger partial charge < -0.3 is 18.9 Å². The van der Waals surface area contributed by atoms with Crippen LogP contribution in [0.5, 0.6) is 23.0 Å². The number of non-ortho nitro benzene ring substituents is 1. The van der Waals surface area contributed by atoms with Crippen molar-refractivity contribution in [3.8, 4) is 23.0 Å². The highest BCUT2D eigenvalue weighted by Crippen LogP contribution is 2.31. The molecule has 0 radical (unpaired) electrons. The number of carbonyl (C=O) groups is 1. The Labute approximate surface area is 201 Å². The maximum atomic E-state index is 12.2. The summed E-state index contributed by atoms with van der Waals surface area (Å²) in [7, 11) is 1.52. The SMILES string of the molecule is COc1cc(/C=N/NC(=O)Cc2ccc3c(c2)OCCO3)ccc1OCc1ccc([N+](=O)[O-])cc1. The van der Waals surface area contributed by atoms with E-state index in [1.165, 1.54) is 25.5 Å². The van der Waals surface area contributed by atoms with Crippen LogP contribution in [0.1, 0.15) is 16.7 Å². The lowest BCUT2D eigenvalue weighted by atomic mass is 10.1. The van der Waals surface area contributed by atoms with Crippen LogP contribution in [0.4, 0.5) is 5.69 Å². The first-order valence-electron chi connectivity index (χ1n) is 10.8. The number of rotatable bonds is 9. The van der Waals surface area contributed by atoms with Crippen LogP contribution in [0, 0.1) is 10.1 Å². The number of amides is 1. The predicted molar refractivity (Wildman–Crippen MR) is 127 cm³/mol. The van der Waals surface area contributed by atoms with Crippen molar-refractivity contribution in [3.63, 3.8) is 0 Å². The first-order chi connectivity index (χ1) is 17.0. The van der Waals surface area contributed by atoms with E-state index < -0.39 is 4.92 Å². The lowest BCUT2D eigenvalue weighted by molar-refractivity contribution is -0.384. The highest BCUT2D eigenvalue weighted by Gasteiger charge is 2.13. The summed E-state index contributed by atoms with van der Waals surface area (Å²) in [5, 5.41) is 14.8. The predicted octanol–water partition coefficient (Wildman–Crippen LogP) is 3.65. The topological polar surface area (TPSA) is 122 Å². The van der Waals surface area contributed by atoms with E-state index in [2.05, 4.69) is 10.5 Å². The fraction of sp³-hybridized carbons (Fsp3) is 0.200. The molecule has 1 amide bonds. The average Bonchev–Trinajstić information content (AvgIpc) is 2.88. The third-order valence-electron chi connectivity index (χ3n) is 5.10. The van der Waals surface area contributed by atoms with Gasteiger partial charge in [-0.1, -0.05) is 6.07 Å². The number of nitro benzene ring substituents is 1. The quantitative estimate of drug-likeness (QED) is 0.284. The smallest absolute Gasteiger partial charge is 0.269 e. The van der Waals surface area contributed by atoms with Gasteiger partial charge in [0.2, 0.25) is 5.91 Å². The van der Waals surface area contributed by atoms with E-state index in [0.717, 1.165) is 11.1 Å². The van der Waals surface area contributed by atoms with Gasteiger partial charge in [0.1, 0.15) is 19.8 Å². The van der Waals surface area contributed by atoms with Gasteiger partial charge in [-0.3, -0.25) is 14.9 Å². The molecule has 0 aromatic heterocycles. The summed E-state index contributed by atoms with van der Waals surface area (Å²) in [6.45, 7) is 1.22. The second kappa shape index (κ2) is 11.0. The number of carbonyl (C=O) groups excluding carboxylic acids is 1. The number of ether oxygens (including phenoxy) is 4. The number of hydrogen-bond donors (Lipinski definition) is 1. The van der Waals surface area contributed by atoms with Gasteiger partial charge in [-0.15, -0.1) is 0 Å². The van der Waals surface area contributed by atoms with Crippen LogP contribution in [0.15, 0.2) is 65.8 Å². The number of methoxy groups -OCH3 is 1. The first kappa shape index (κ1) is 23.6. The number of nitrogens with zero attached hydrogens (tertiary/aromatic N) is 2. The van der Waals surface area contributed by atoms with E-state index in [-0.39, 0.29) is 24.6 Å². The number of nitro groups is 1. The fourth-order valence-electron chi connectivity index (χ4n) is 3.36. The van der Waals surface area contributed by atoms with Crippen LogP contribution >= 0.6 is 0 Å². The van der Waals surface area contributed by atoms with Crippen LogP contribution in [0.3, 0.4) is 0 Å². The summed E-state index contributed by atoms with van der Waals surface area (Å²) >= 11 is 0. The molecular formula is C25H23N3O7. The molecule has 0 fully saturated rings. The molecule has 1 heterocycles. The van der Waals surface area contributed by atoms with Crippen LogP contribution < -0.4 is 24.4 Å². The van der Waals surface area contributed by atoms with Crippen molar-refractivity contribution < 1.29 is 28.7 Å². The average molecular weight is 477 g/mol. The van der Waals surface area contributed by atoms with Gasteiger partial charge >= 0.3 is 0 Å². The number of benzene rings is 3. The van der Waals surface area contributed by atoms with E-state index in [0.29, 0.717) is 41.8 Å². The van der Waals surface area contributed by atoms with Gasteiger partial charge in [0.25, 0.3) is 5.69 Å². The lowest BCUT2D eigenvalue weighted by Crippen LogP contribution is -2.20. The van der Waals surface area contributed by atoms with Crippen LogP contribution in [0.2, 0.25) is 0 Å². The van der Waals surface area contributed by atoms with Crippen LogP contribution in [-0.4, -0.2) is 37.4 Å². The Morgan fingerprint density at radius 2 is 1.77 bits per heavy atom. The van der Waals surface area contributed by atoms with Crippen molar-refractivity contribution in [1.82, 2.24) is 5.43 Å². The van der Waals surface area contributed by atoms with Gasteiger partial charge in [0.05, 0.1) is 24.7 Å². The molecule has 0 saturated carbocycles. The van der Waals surface area contributed by atoms with Crippen molar-refractivity contribution in [1.29, 1.82) is 0 Å². The monoisotopic (exact) mass is 477 g/mol. The highest BCUT2D eigenvalue weighted by atomic mass is 16.6. The molecule has 3 aromatic rings. The number of hydrogen-bond acceptors (Lipinski definition) is 8. The molecule has 0 spiro atoms. The normalized spacial score (nSPS) is 12.3. The highest BCUT2D eigenvalue weighted by molar-refractivity contribution is 5.84. The van der Waals surface area contributed by atoms with E-state index in [9.17, 15) is 14.9 Å². The molecule has 1 aliphatic heterocycles. The summed E-state index contributed by atoms with van der Waals surface area (Å²) in [5.74, 6) is 2.03. The molecule has 0 saturated heterocycles. The molecule has 1 N–H and O–H groups in total. The molecule has 0 aliphatic carbocycles. The maximum absolute atomic E-state index is 12.2. The molecule has 10 heteroatoms. The van der Waals surface area contributed by atoms with Crippen molar-refractivity contribution in [2.75, 3.05) is 20.3 Å². The zero-order chi connectivity index (χ0) is 24.6. The van der Waals surface area contributed by atoms with Gasteiger partial charge in [-0.25, -0.2) is 5.43 Å². The second-order valence-corrected chi connectivity index (χ2v) is 7.57. The molecule has 0 bridgehead atoms. The summed E-state index contributed by atoms with van der Waals surface area (Å²) in [6.07, 6.45) is 1.65. The summed E-state index contributed by atoms with van der Waals surface area (Å²) in [6, 6.07) is 16.7. The van der Waals surface area contributed by atoms with Crippen LogP contribution in [0.25, 0.3) is 0 Å². The number of hydrazone groups is 1. The van der Waals surface area contributed by atoms with E-state index in [1.54, 1.807) is 42.5 Å². The summed E-state index contributed by atoms with van der Waals surface area (Å²) in [5.41, 5.74) is 4.80. The minimum atomic E-state index is -0.450. The Morgan fingerprint density at radius 3 is 2.51 bits per heavy atom. The van der Waals surface area contributed by atoms with Crippen LogP contribution in [-0.2, 0) is 17.8 Å². The molecular weight excluding hydrogens is 454 g/mol. The minimum absolute atomic E-state index is 0.0216. The van der Waals surface area contributed by atoms with E-state index in [4.69, 9.17) is 18.9 Å². The van der Waals surface area contributed by atoms with Gasteiger partial charge in [-0.05, 0) is 59.2 Å². The molecule has 0 atom stereocenters. The number of nitrogens with one attached hydrogen (secondary N) is 1. The Hall–Kier alpha value is -4.60. The van der Waals surface area contributed by atoms with Gasteiger partial charge in [0, 0.05) is 12.1 Å². The lowest BCUT2D eigenvalue weighted by Gasteiger charge is -2.18. The molecule has 10 nitrogen and oxygen atoms in total. The first-order valence-corrected chi connectivity index (χ1v) is 10.8. The third-order valence-corrected chi connectivity index (χ3v) is 5.10. The van der Waals surface area contributed by atoms with Crippen molar-refractivity contribution in [2.24, 2.45) is 5.10 Å². The van der Waals surface area contributed by atoms with Gasteiger partial charge in [0.15, 0.2) is 23.0 Å². The minimum Gasteiger partial charge on any atom is -0.493 e. The fourth-order valence-corrected chi connectivity index (χ4v) is 3.36. The molecule has 180 valence electrons. The van der Waals surface area contributed by atoms with Crippen molar-refractivity contribution in [3.05, 3.63) is 87.5 Å². The third kappa shape index (κ3) is 6.26. The summed E-state index contributed by atoms with van der Waals surface area (Å²) in [4.78, 5) is 22.6. The standard InChI is InChI=1S/C25H23N3O7/c1-32-23-13-19(5-9-21(23)35-16-17-2-6-20(7-3-17)28(30)31)15-26-27-25(29)14-18-4-8-22-24(12-18)34-11-10-33-22/h2-9,12-13,15H,10-11,14,16H2,1H3,(H,27,29)/b26-15+. The maximum Gasteiger partial charge on any atom is 0.269 e. The Balaban J connectivity index is 1.31. The zero-order valence-corrected chi connectivity index (χ0v) is 18.9. The van der Waals surface area contributed by atoms with E-state index in [1.807, 2.05) is 6.07 Å². The molecule has 3 aromatic carbocycles. The van der Waals surface area contributed by atoms with E-state index >= 15 is 0 Å². The molecule has 35 heavy (non-hydrogen) atoms. The Bertz CT molecular complexity index is 1240. The second-order valence-electron chi connectivity index (χ2n) is 7.57. The molecule has 0 unspecified atom stereocenters. The summed E-state index contributed by atoms with van der Waals surface area (Å²) < 4.78 is 22.2. The largest absolute Gasteiger partial charge is 0.493 e. The van der Waals surface area contributed by atoms with Crippen molar-refractivity contribution in [2.45, 2.75) is 13.0 Å². The Morgan fingerprint density at radius 1 is 1.03 bits per heavy atom. The van der Waals surface area contributed by atoms with Crippen molar-refractivity contribution >= 4 is 17.8 Å². The molecule has 4 rings (SSSR count). The number of fused-ring (bicyclic) bond motifs is 1. The Kier molecular flexibility index (Phi) is 7.41. The van der Waals surface area contributed by atoms with Gasteiger partial charge in [-0.2, -0.15) is 5.10 Å². The molecule has 1 aliphatic rings. The zero-order valence-electron chi connectivity index (χ0n) is 18.9.